The van der Waals surface area contributed by atoms with Crippen LogP contribution in [-0.4, -0.2) is 21.7 Å². The highest BCUT2D eigenvalue weighted by Gasteiger charge is 2.15. The van der Waals surface area contributed by atoms with Crippen LogP contribution in [0.4, 0.5) is 5.82 Å². The molecule has 0 fully saturated rings. The molecule has 2 rings (SSSR count). The molecule has 2 aromatic rings. The van der Waals surface area contributed by atoms with E-state index in [1.54, 1.807) is 11.7 Å². The lowest BCUT2D eigenvalue weighted by atomic mass is 10.1. The van der Waals surface area contributed by atoms with Gasteiger partial charge in [0.05, 0.1) is 11.7 Å². The summed E-state index contributed by atoms with van der Waals surface area (Å²) in [4.78, 5) is 12.0. The lowest BCUT2D eigenvalue weighted by Gasteiger charge is -2.12. The summed E-state index contributed by atoms with van der Waals surface area (Å²) in [7, 11) is 1.78. The number of benzene rings is 1. The van der Waals surface area contributed by atoms with Gasteiger partial charge in [0, 0.05) is 13.1 Å². The second kappa shape index (κ2) is 7.07. The molecule has 1 heterocycles. The van der Waals surface area contributed by atoms with Gasteiger partial charge in [0.15, 0.2) is 0 Å². The van der Waals surface area contributed by atoms with Gasteiger partial charge in [-0.1, -0.05) is 30.3 Å². The number of hydrogen-bond acceptors (Lipinski definition) is 3. The Morgan fingerprint density at radius 2 is 2.05 bits per heavy atom. The lowest BCUT2D eigenvalue weighted by Crippen LogP contribution is -2.37. The van der Waals surface area contributed by atoms with Crippen LogP contribution in [0.1, 0.15) is 11.3 Å². The quantitative estimate of drug-likeness (QED) is 0.901. The van der Waals surface area contributed by atoms with E-state index in [0.717, 1.165) is 11.3 Å². The number of rotatable bonds is 4. The molecule has 0 aliphatic rings. The van der Waals surface area contributed by atoms with Gasteiger partial charge < -0.3 is 11.1 Å². The topological polar surface area (TPSA) is 72.9 Å². The van der Waals surface area contributed by atoms with Crippen molar-refractivity contribution in [2.24, 2.45) is 12.8 Å². The van der Waals surface area contributed by atoms with Crippen molar-refractivity contribution in [3.8, 4) is 0 Å². The number of carbonyl (C=O) groups is 1. The first-order valence-electron chi connectivity index (χ1n) is 6.17. The predicted octanol–water partition coefficient (Wildman–Crippen LogP) is 1.66. The van der Waals surface area contributed by atoms with Gasteiger partial charge in [0.25, 0.3) is 0 Å². The van der Waals surface area contributed by atoms with Gasteiger partial charge in [-0.25, -0.2) is 0 Å². The number of aromatic nitrogens is 2. The van der Waals surface area contributed by atoms with Crippen molar-refractivity contribution in [2.45, 2.75) is 19.4 Å². The highest BCUT2D eigenvalue weighted by molar-refractivity contribution is 5.94. The average molecular weight is 295 g/mol. The Morgan fingerprint density at radius 3 is 2.60 bits per heavy atom. The Hall–Kier alpha value is -1.85. The molecule has 108 valence electrons. The Kier molecular flexibility index (Phi) is 5.73. The standard InChI is InChI=1S/C14H18N4O.ClH/c1-10-8-13(18(2)17-10)16-14(19)12(15)9-11-6-4-3-5-7-11;/h3-8,12H,9,15H2,1-2H3,(H,16,19);1H. The summed E-state index contributed by atoms with van der Waals surface area (Å²) in [5.74, 6) is 0.456. The third-order valence-electron chi connectivity index (χ3n) is 2.89. The molecule has 6 heteroatoms. The van der Waals surface area contributed by atoms with E-state index in [2.05, 4.69) is 10.4 Å². The van der Waals surface area contributed by atoms with Gasteiger partial charge in [0.1, 0.15) is 5.82 Å². The van der Waals surface area contributed by atoms with Crippen LogP contribution in [0.25, 0.3) is 0 Å². The molecule has 0 saturated carbocycles. The van der Waals surface area contributed by atoms with Gasteiger partial charge in [0.2, 0.25) is 5.91 Å². The van der Waals surface area contributed by atoms with Crippen molar-refractivity contribution in [2.75, 3.05) is 5.32 Å². The largest absolute Gasteiger partial charge is 0.320 e. The number of amides is 1. The summed E-state index contributed by atoms with van der Waals surface area (Å²) in [6.45, 7) is 1.87. The minimum absolute atomic E-state index is 0. The maximum Gasteiger partial charge on any atom is 0.242 e. The zero-order chi connectivity index (χ0) is 13.8. The molecule has 3 N–H and O–H groups in total. The number of nitrogens with one attached hydrogen (secondary N) is 1. The zero-order valence-corrected chi connectivity index (χ0v) is 12.4. The van der Waals surface area contributed by atoms with E-state index in [9.17, 15) is 4.79 Å². The van der Waals surface area contributed by atoms with E-state index in [0.29, 0.717) is 12.2 Å². The molecule has 20 heavy (non-hydrogen) atoms. The summed E-state index contributed by atoms with van der Waals surface area (Å²) >= 11 is 0. The Bertz CT molecular complexity index is 568. The second-order valence-corrected chi connectivity index (χ2v) is 4.58. The van der Waals surface area contributed by atoms with Crippen LogP contribution < -0.4 is 11.1 Å². The molecule has 0 aliphatic carbocycles. The van der Waals surface area contributed by atoms with Crippen molar-refractivity contribution in [3.05, 3.63) is 47.7 Å². The number of aryl methyl sites for hydroxylation is 2. The second-order valence-electron chi connectivity index (χ2n) is 4.58. The first-order valence-corrected chi connectivity index (χ1v) is 6.17. The minimum atomic E-state index is -0.572. The molecule has 0 bridgehead atoms. The van der Waals surface area contributed by atoms with Crippen molar-refractivity contribution in [1.82, 2.24) is 9.78 Å². The lowest BCUT2D eigenvalue weighted by molar-refractivity contribution is -0.117. The van der Waals surface area contributed by atoms with Gasteiger partial charge in [-0.15, -0.1) is 12.4 Å². The number of hydrogen-bond donors (Lipinski definition) is 2. The summed E-state index contributed by atoms with van der Waals surface area (Å²) in [6.07, 6.45) is 0.517. The van der Waals surface area contributed by atoms with E-state index in [1.807, 2.05) is 43.3 Å². The molecule has 5 nitrogen and oxygen atoms in total. The summed E-state index contributed by atoms with van der Waals surface area (Å²) < 4.78 is 1.63. The minimum Gasteiger partial charge on any atom is -0.320 e. The fourth-order valence-corrected chi connectivity index (χ4v) is 1.91. The molecule has 1 atom stereocenters. The molecule has 1 aromatic heterocycles. The van der Waals surface area contributed by atoms with Crippen molar-refractivity contribution >= 4 is 24.1 Å². The Balaban J connectivity index is 0.00000200. The number of nitrogens with zero attached hydrogens (tertiary/aromatic N) is 2. The van der Waals surface area contributed by atoms with E-state index < -0.39 is 6.04 Å². The van der Waals surface area contributed by atoms with Gasteiger partial charge in [-0.2, -0.15) is 5.10 Å². The molecular weight excluding hydrogens is 276 g/mol. The third-order valence-corrected chi connectivity index (χ3v) is 2.89. The maximum absolute atomic E-state index is 12.0. The third kappa shape index (κ3) is 4.08. The van der Waals surface area contributed by atoms with E-state index >= 15 is 0 Å². The van der Waals surface area contributed by atoms with E-state index in [1.165, 1.54) is 0 Å². The molecule has 0 radical (unpaired) electrons. The van der Waals surface area contributed by atoms with Crippen molar-refractivity contribution < 1.29 is 4.79 Å². The van der Waals surface area contributed by atoms with E-state index in [-0.39, 0.29) is 18.3 Å². The summed E-state index contributed by atoms with van der Waals surface area (Å²) in [5.41, 5.74) is 7.82. The van der Waals surface area contributed by atoms with E-state index in [4.69, 9.17) is 5.73 Å². The van der Waals surface area contributed by atoms with Crippen LogP contribution in [0.2, 0.25) is 0 Å². The monoisotopic (exact) mass is 294 g/mol. The average Bonchev–Trinajstić information content (AvgIpc) is 2.69. The fraction of sp³-hybridized carbons (Fsp3) is 0.286. The molecule has 0 spiro atoms. The summed E-state index contributed by atoms with van der Waals surface area (Å²) in [6, 6.07) is 11.0. The van der Waals surface area contributed by atoms with Crippen LogP contribution in [0.5, 0.6) is 0 Å². The van der Waals surface area contributed by atoms with Gasteiger partial charge >= 0.3 is 0 Å². The highest BCUT2D eigenvalue weighted by Crippen LogP contribution is 2.09. The number of carbonyl (C=O) groups excluding carboxylic acids is 1. The van der Waals surface area contributed by atoms with Crippen LogP contribution in [0.15, 0.2) is 36.4 Å². The predicted molar refractivity (Wildman–Crippen MR) is 81.9 cm³/mol. The SMILES string of the molecule is Cc1cc(NC(=O)C(N)Cc2ccccc2)n(C)n1.Cl. The van der Waals surface area contributed by atoms with Gasteiger partial charge in [-0.05, 0) is 18.9 Å². The van der Waals surface area contributed by atoms with Gasteiger partial charge in [-0.3, -0.25) is 9.48 Å². The maximum atomic E-state index is 12.0. The highest BCUT2D eigenvalue weighted by atomic mass is 35.5. The van der Waals surface area contributed by atoms with Crippen molar-refractivity contribution in [1.29, 1.82) is 0 Å². The molecule has 1 aromatic carbocycles. The van der Waals surface area contributed by atoms with Crippen LogP contribution in [0.3, 0.4) is 0 Å². The molecule has 0 saturated heterocycles. The number of anilines is 1. The van der Waals surface area contributed by atoms with Crippen molar-refractivity contribution in [3.63, 3.8) is 0 Å². The normalized spacial score (nSPS) is 11.6. The van der Waals surface area contributed by atoms with Crippen LogP contribution in [0, 0.1) is 6.92 Å². The van der Waals surface area contributed by atoms with Crippen LogP contribution in [-0.2, 0) is 18.3 Å². The number of halogens is 1. The fourth-order valence-electron chi connectivity index (χ4n) is 1.91. The first-order chi connectivity index (χ1) is 9.06. The Morgan fingerprint density at radius 1 is 1.40 bits per heavy atom. The Labute approximate surface area is 124 Å². The molecule has 0 aliphatic heterocycles. The molecular formula is C14H19ClN4O. The summed E-state index contributed by atoms with van der Waals surface area (Å²) in [5, 5.41) is 6.96. The molecule has 1 amide bonds. The smallest absolute Gasteiger partial charge is 0.242 e. The molecule has 1 unspecified atom stereocenters. The number of nitrogens with two attached hydrogens (primary N) is 1. The zero-order valence-electron chi connectivity index (χ0n) is 11.5. The first kappa shape index (κ1) is 16.2. The van der Waals surface area contributed by atoms with Crippen LogP contribution >= 0.6 is 12.4 Å².